The zero-order valence-corrected chi connectivity index (χ0v) is 13.6. The van der Waals surface area contributed by atoms with Crippen LogP contribution in [-0.4, -0.2) is 52.8 Å². The van der Waals surface area contributed by atoms with Gasteiger partial charge in [-0.2, -0.15) is 0 Å². The van der Waals surface area contributed by atoms with Crippen molar-refractivity contribution < 1.29 is 14.7 Å². The molecule has 3 rings (SSSR count). The van der Waals surface area contributed by atoms with Crippen LogP contribution in [0.3, 0.4) is 0 Å². The maximum absolute atomic E-state index is 12.4. The van der Waals surface area contributed by atoms with Crippen molar-refractivity contribution in [2.45, 2.75) is 44.2 Å². The summed E-state index contributed by atoms with van der Waals surface area (Å²) in [5.41, 5.74) is 0.299. The fourth-order valence-corrected chi connectivity index (χ4v) is 3.49. The number of β-amino-alcohol motifs (C(OH)–C–C–N with tert-alkyl or cyclic N) is 1. The van der Waals surface area contributed by atoms with E-state index in [0.717, 1.165) is 32.4 Å². The number of aliphatic hydroxyl groups is 1. The molecule has 5 nitrogen and oxygen atoms in total. The number of rotatable bonds is 4. The Labute approximate surface area is 137 Å². The lowest BCUT2D eigenvalue weighted by Gasteiger charge is -2.40. The van der Waals surface area contributed by atoms with E-state index in [0.29, 0.717) is 26.1 Å². The van der Waals surface area contributed by atoms with Crippen molar-refractivity contribution in [1.29, 1.82) is 0 Å². The fourth-order valence-electron chi connectivity index (χ4n) is 3.49. The first kappa shape index (κ1) is 16.4. The average molecular weight is 318 g/mol. The third-order valence-corrected chi connectivity index (χ3v) is 4.64. The minimum Gasteiger partial charge on any atom is -0.388 e. The highest BCUT2D eigenvalue weighted by Gasteiger charge is 2.37. The minimum absolute atomic E-state index is 0.0891. The highest BCUT2D eigenvalue weighted by molar-refractivity contribution is 5.76. The molecule has 1 aromatic carbocycles. The number of carbonyl (C=O) groups excluding carboxylic acids is 1. The second kappa shape index (κ2) is 7.43. The predicted octanol–water partition coefficient (Wildman–Crippen LogP) is 1.96. The number of hydrogen-bond acceptors (Lipinski definition) is 4. The van der Waals surface area contributed by atoms with Crippen molar-refractivity contribution in [2.75, 3.05) is 26.2 Å². The second-order valence-corrected chi connectivity index (χ2v) is 6.74. The van der Waals surface area contributed by atoms with Crippen molar-refractivity contribution >= 4 is 5.91 Å². The molecule has 2 aliphatic heterocycles. The molecule has 0 aliphatic carbocycles. The molecule has 0 spiro atoms. The Morgan fingerprint density at radius 1 is 1.17 bits per heavy atom. The first-order valence-electron chi connectivity index (χ1n) is 8.57. The van der Waals surface area contributed by atoms with E-state index in [1.165, 1.54) is 10.6 Å². The van der Waals surface area contributed by atoms with Gasteiger partial charge in [-0.05, 0) is 37.8 Å². The number of hydroxylamine groups is 2. The summed E-state index contributed by atoms with van der Waals surface area (Å²) in [6.07, 6.45) is 3.72. The number of amides is 1. The van der Waals surface area contributed by atoms with Gasteiger partial charge < -0.3 is 5.11 Å². The quantitative estimate of drug-likeness (QED) is 0.922. The standard InChI is InChI=1S/C18H26N2O3/c21-17(20-11-4-5-12-23-20)13-18(22)9-6-10-19(15-18)14-16-7-2-1-3-8-16/h1-3,7-8,22H,4-6,9-15H2. The molecular weight excluding hydrogens is 292 g/mol. The van der Waals surface area contributed by atoms with Gasteiger partial charge in [-0.15, -0.1) is 0 Å². The number of benzene rings is 1. The normalized spacial score (nSPS) is 26.2. The summed E-state index contributed by atoms with van der Waals surface area (Å²) in [6.45, 7) is 3.57. The van der Waals surface area contributed by atoms with Crippen molar-refractivity contribution in [2.24, 2.45) is 0 Å². The number of hydrogen-bond donors (Lipinski definition) is 1. The van der Waals surface area contributed by atoms with E-state index in [9.17, 15) is 9.90 Å². The average Bonchev–Trinajstić information content (AvgIpc) is 2.56. The van der Waals surface area contributed by atoms with E-state index < -0.39 is 5.60 Å². The Balaban J connectivity index is 1.56. The van der Waals surface area contributed by atoms with Crippen LogP contribution in [0, 0.1) is 0 Å². The van der Waals surface area contributed by atoms with Gasteiger partial charge >= 0.3 is 0 Å². The van der Waals surface area contributed by atoms with E-state index >= 15 is 0 Å². The lowest BCUT2D eigenvalue weighted by atomic mass is 9.89. The van der Waals surface area contributed by atoms with Gasteiger partial charge in [0.15, 0.2) is 0 Å². The van der Waals surface area contributed by atoms with Crippen LogP contribution in [0.15, 0.2) is 30.3 Å². The second-order valence-electron chi connectivity index (χ2n) is 6.74. The van der Waals surface area contributed by atoms with Crippen LogP contribution in [0.5, 0.6) is 0 Å². The molecule has 5 heteroatoms. The van der Waals surface area contributed by atoms with Crippen LogP contribution in [0.25, 0.3) is 0 Å². The van der Waals surface area contributed by atoms with Gasteiger partial charge in [0, 0.05) is 19.6 Å². The summed E-state index contributed by atoms with van der Waals surface area (Å²) in [6, 6.07) is 10.3. The summed E-state index contributed by atoms with van der Waals surface area (Å²) < 4.78 is 0. The molecule has 2 heterocycles. The largest absolute Gasteiger partial charge is 0.388 e. The summed E-state index contributed by atoms with van der Waals surface area (Å²) in [4.78, 5) is 20.0. The molecule has 0 saturated carbocycles. The minimum atomic E-state index is -0.940. The Hall–Kier alpha value is -1.43. The highest BCUT2D eigenvalue weighted by Crippen LogP contribution is 2.27. The molecule has 2 fully saturated rings. The van der Waals surface area contributed by atoms with Crippen LogP contribution < -0.4 is 0 Å². The van der Waals surface area contributed by atoms with E-state index in [-0.39, 0.29) is 12.3 Å². The Kier molecular flexibility index (Phi) is 5.30. The third-order valence-electron chi connectivity index (χ3n) is 4.64. The molecule has 2 saturated heterocycles. The van der Waals surface area contributed by atoms with Gasteiger partial charge in [0.2, 0.25) is 5.91 Å². The summed E-state index contributed by atoms with van der Waals surface area (Å²) in [7, 11) is 0. The molecule has 1 atom stereocenters. The van der Waals surface area contributed by atoms with Gasteiger partial charge in [0.25, 0.3) is 0 Å². The van der Waals surface area contributed by atoms with Crippen LogP contribution in [0.4, 0.5) is 0 Å². The van der Waals surface area contributed by atoms with Gasteiger partial charge in [-0.25, -0.2) is 5.06 Å². The maximum atomic E-state index is 12.4. The van der Waals surface area contributed by atoms with E-state index in [1.807, 2.05) is 18.2 Å². The maximum Gasteiger partial charge on any atom is 0.249 e. The number of likely N-dealkylation sites (tertiary alicyclic amines) is 1. The van der Waals surface area contributed by atoms with Crippen LogP contribution in [0.2, 0.25) is 0 Å². The topological polar surface area (TPSA) is 53.0 Å². The third kappa shape index (κ3) is 4.53. The van der Waals surface area contributed by atoms with Crippen molar-refractivity contribution in [1.82, 2.24) is 9.96 Å². The molecule has 0 aromatic heterocycles. The molecule has 23 heavy (non-hydrogen) atoms. The predicted molar refractivity (Wildman–Crippen MR) is 87.4 cm³/mol. The van der Waals surface area contributed by atoms with E-state index in [1.54, 1.807) is 0 Å². The molecule has 1 amide bonds. The fraction of sp³-hybridized carbons (Fsp3) is 0.611. The van der Waals surface area contributed by atoms with Crippen LogP contribution in [0.1, 0.15) is 37.7 Å². The lowest BCUT2D eigenvalue weighted by molar-refractivity contribution is -0.202. The zero-order chi connectivity index (χ0) is 16.1. The lowest BCUT2D eigenvalue weighted by Crippen LogP contribution is -2.51. The first-order valence-corrected chi connectivity index (χ1v) is 8.57. The van der Waals surface area contributed by atoms with Gasteiger partial charge in [-0.3, -0.25) is 14.5 Å². The number of carbonyl (C=O) groups is 1. The molecule has 2 aliphatic rings. The van der Waals surface area contributed by atoms with Crippen molar-refractivity contribution in [3.8, 4) is 0 Å². The smallest absolute Gasteiger partial charge is 0.249 e. The van der Waals surface area contributed by atoms with Gasteiger partial charge in [0.1, 0.15) is 0 Å². The first-order chi connectivity index (χ1) is 11.1. The molecule has 1 aromatic rings. The molecule has 0 bridgehead atoms. The Morgan fingerprint density at radius 3 is 2.74 bits per heavy atom. The Bertz CT molecular complexity index is 516. The summed E-state index contributed by atoms with van der Waals surface area (Å²) >= 11 is 0. The number of nitrogens with zero attached hydrogens (tertiary/aromatic N) is 2. The SMILES string of the molecule is O=C(CC1(O)CCCN(Cc2ccccc2)C1)N1CCCCO1. The molecular formula is C18H26N2O3. The van der Waals surface area contributed by atoms with Crippen molar-refractivity contribution in [3.63, 3.8) is 0 Å². The van der Waals surface area contributed by atoms with Gasteiger partial charge in [0.05, 0.1) is 18.6 Å². The summed E-state index contributed by atoms with van der Waals surface area (Å²) in [5.74, 6) is -0.0891. The molecule has 1 unspecified atom stereocenters. The van der Waals surface area contributed by atoms with Crippen molar-refractivity contribution in [3.05, 3.63) is 35.9 Å². The van der Waals surface area contributed by atoms with Gasteiger partial charge in [-0.1, -0.05) is 30.3 Å². The molecule has 1 N–H and O–H groups in total. The number of piperidine rings is 1. The Morgan fingerprint density at radius 2 is 2.00 bits per heavy atom. The van der Waals surface area contributed by atoms with Crippen LogP contribution in [-0.2, 0) is 16.2 Å². The van der Waals surface area contributed by atoms with E-state index in [2.05, 4.69) is 17.0 Å². The molecule has 126 valence electrons. The zero-order valence-electron chi connectivity index (χ0n) is 13.6. The van der Waals surface area contributed by atoms with Crippen LogP contribution >= 0.6 is 0 Å². The highest BCUT2D eigenvalue weighted by atomic mass is 16.7. The summed E-state index contributed by atoms with van der Waals surface area (Å²) in [5, 5.41) is 12.3. The van der Waals surface area contributed by atoms with E-state index in [4.69, 9.17) is 4.84 Å². The molecule has 0 radical (unpaired) electrons. The monoisotopic (exact) mass is 318 g/mol.